The molecular weight excluding hydrogens is 494 g/mol. The van der Waals surface area contributed by atoms with Crippen molar-refractivity contribution in [2.75, 3.05) is 20.8 Å². The number of nitrogens with zero attached hydrogens (tertiary/aromatic N) is 2. The van der Waals surface area contributed by atoms with Gasteiger partial charge >= 0.3 is 6.03 Å². The summed E-state index contributed by atoms with van der Waals surface area (Å²) in [6.45, 7) is 7.37. The van der Waals surface area contributed by atoms with Gasteiger partial charge in [0.2, 0.25) is 5.91 Å². The molecule has 0 bridgehead atoms. The van der Waals surface area contributed by atoms with E-state index in [4.69, 9.17) is 9.47 Å². The summed E-state index contributed by atoms with van der Waals surface area (Å²) in [5.41, 5.74) is 4.65. The number of urea groups is 1. The number of aryl methyl sites for hydroxylation is 2. The van der Waals surface area contributed by atoms with Gasteiger partial charge in [-0.1, -0.05) is 49.2 Å². The molecule has 2 aromatic carbocycles. The van der Waals surface area contributed by atoms with Crippen molar-refractivity contribution in [1.82, 2.24) is 15.1 Å². The van der Waals surface area contributed by atoms with Crippen LogP contribution < -0.4 is 5.32 Å². The van der Waals surface area contributed by atoms with Gasteiger partial charge in [-0.15, -0.1) is 0 Å². The molecule has 2 fully saturated rings. The second kappa shape index (κ2) is 12.7. The molecule has 8 nitrogen and oxygen atoms in total. The topological polar surface area (TPSA) is 88.2 Å². The van der Waals surface area contributed by atoms with E-state index in [9.17, 15) is 14.4 Å². The van der Waals surface area contributed by atoms with Crippen LogP contribution in [0.4, 0.5) is 4.79 Å². The lowest BCUT2D eigenvalue weighted by atomic mass is 9.77. The Hall–Kier alpha value is -3.23. The van der Waals surface area contributed by atoms with E-state index in [1.165, 1.54) is 4.90 Å². The Bertz CT molecular complexity index is 1180. The number of hydrogen-bond acceptors (Lipinski definition) is 5. The SMILES string of the molecule is CCCCNC(=O)c1ccc(CN2C(=O)C3CC(OC)C(OC)CC3N(Cc3cc(C)ccc3C)C2=O)cc1. The maximum Gasteiger partial charge on any atom is 0.327 e. The molecule has 39 heavy (non-hydrogen) atoms. The summed E-state index contributed by atoms with van der Waals surface area (Å²) in [6.07, 6.45) is 2.55. The van der Waals surface area contributed by atoms with Crippen LogP contribution in [0.2, 0.25) is 0 Å². The van der Waals surface area contributed by atoms with Crippen molar-refractivity contribution in [3.63, 3.8) is 0 Å². The average molecular weight is 536 g/mol. The molecule has 4 unspecified atom stereocenters. The first-order valence-electron chi connectivity index (χ1n) is 13.9. The normalized spacial score (nSPS) is 23.1. The Labute approximate surface area is 231 Å². The summed E-state index contributed by atoms with van der Waals surface area (Å²) < 4.78 is 11.4. The number of carbonyl (C=O) groups excluding carboxylic acids is 3. The lowest BCUT2D eigenvalue weighted by Gasteiger charge is -2.50. The molecule has 2 aromatic rings. The Balaban J connectivity index is 1.59. The minimum absolute atomic E-state index is 0.122. The van der Waals surface area contributed by atoms with Crippen molar-refractivity contribution in [3.05, 3.63) is 70.3 Å². The monoisotopic (exact) mass is 535 g/mol. The van der Waals surface area contributed by atoms with Crippen LogP contribution in [0.1, 0.15) is 65.2 Å². The number of fused-ring (bicyclic) bond motifs is 1. The van der Waals surface area contributed by atoms with Crippen molar-refractivity contribution < 1.29 is 23.9 Å². The van der Waals surface area contributed by atoms with E-state index in [2.05, 4.69) is 30.4 Å². The zero-order chi connectivity index (χ0) is 28.1. The zero-order valence-corrected chi connectivity index (χ0v) is 23.7. The maximum atomic E-state index is 14.0. The molecule has 0 aromatic heterocycles. The van der Waals surface area contributed by atoms with Crippen molar-refractivity contribution in [1.29, 1.82) is 0 Å². The van der Waals surface area contributed by atoms with Gasteiger partial charge in [-0.25, -0.2) is 4.79 Å². The van der Waals surface area contributed by atoms with Gasteiger partial charge in [-0.2, -0.15) is 0 Å². The Morgan fingerprint density at radius 1 is 0.974 bits per heavy atom. The Kier molecular flexibility index (Phi) is 9.40. The van der Waals surface area contributed by atoms with Crippen LogP contribution in [0.25, 0.3) is 0 Å². The van der Waals surface area contributed by atoms with Gasteiger partial charge in [0.25, 0.3) is 5.91 Å². The quantitative estimate of drug-likeness (QED) is 0.449. The molecule has 8 heteroatoms. The smallest absolute Gasteiger partial charge is 0.327 e. The van der Waals surface area contributed by atoms with Gasteiger partial charge in [-0.3, -0.25) is 14.5 Å². The number of hydrogen-bond donors (Lipinski definition) is 1. The predicted molar refractivity (Wildman–Crippen MR) is 149 cm³/mol. The number of carbonyl (C=O) groups is 3. The molecular formula is C31H41N3O5. The molecule has 4 rings (SSSR count). The summed E-state index contributed by atoms with van der Waals surface area (Å²) in [6, 6.07) is 12.8. The fraction of sp³-hybridized carbons (Fsp3) is 0.516. The van der Waals surface area contributed by atoms with Crippen molar-refractivity contribution in [3.8, 4) is 0 Å². The van der Waals surface area contributed by atoms with Crippen molar-refractivity contribution >= 4 is 17.8 Å². The third kappa shape index (κ3) is 6.34. The number of unbranched alkanes of at least 4 members (excludes halogenated alkanes) is 1. The summed E-state index contributed by atoms with van der Waals surface area (Å²) >= 11 is 0. The van der Waals surface area contributed by atoms with E-state index < -0.39 is 0 Å². The highest BCUT2D eigenvalue weighted by molar-refractivity contribution is 5.99. The first-order chi connectivity index (χ1) is 18.8. The standard InChI is InChI=1S/C31H41N3O5/c1-6-7-14-32-29(35)23-12-10-22(11-13-23)18-34-30(36)25-16-27(38-4)28(39-5)17-26(25)33(31(34)37)19-24-15-20(2)8-9-21(24)3/h8-13,15,25-28H,6-7,14,16-19H2,1-5H3,(H,32,35). The summed E-state index contributed by atoms with van der Waals surface area (Å²) in [4.78, 5) is 43.4. The van der Waals surface area contributed by atoms with Gasteiger partial charge in [0.05, 0.1) is 24.7 Å². The van der Waals surface area contributed by atoms with Gasteiger partial charge < -0.3 is 19.7 Å². The van der Waals surface area contributed by atoms with Crippen LogP contribution in [0.3, 0.4) is 0 Å². The van der Waals surface area contributed by atoms with Crippen LogP contribution in [0, 0.1) is 19.8 Å². The lowest BCUT2D eigenvalue weighted by molar-refractivity contribution is -0.152. The molecule has 1 saturated heterocycles. The molecule has 210 valence electrons. The van der Waals surface area contributed by atoms with Gasteiger partial charge in [0.1, 0.15) is 0 Å². The van der Waals surface area contributed by atoms with Crippen molar-refractivity contribution in [2.45, 2.75) is 77.8 Å². The molecule has 4 amide bonds. The first-order valence-corrected chi connectivity index (χ1v) is 13.9. The number of amides is 4. The summed E-state index contributed by atoms with van der Waals surface area (Å²) in [5.74, 6) is -0.684. The van der Waals surface area contributed by atoms with E-state index in [-0.39, 0.29) is 48.6 Å². The molecule has 2 aliphatic rings. The number of benzene rings is 2. The third-order valence-corrected chi connectivity index (χ3v) is 8.12. The third-order valence-electron chi connectivity index (χ3n) is 8.12. The highest BCUT2D eigenvalue weighted by atomic mass is 16.5. The Morgan fingerprint density at radius 2 is 1.67 bits per heavy atom. The second-order valence-electron chi connectivity index (χ2n) is 10.8. The van der Waals surface area contributed by atoms with Gasteiger partial charge in [0.15, 0.2) is 0 Å². The average Bonchev–Trinajstić information content (AvgIpc) is 2.94. The maximum absolute atomic E-state index is 14.0. The molecule has 1 N–H and O–H groups in total. The van der Waals surface area contributed by atoms with Crippen LogP contribution in [-0.2, 0) is 27.4 Å². The number of rotatable bonds is 10. The van der Waals surface area contributed by atoms with Gasteiger partial charge in [-0.05, 0) is 61.9 Å². The molecule has 4 atom stereocenters. The van der Waals surface area contributed by atoms with Crippen LogP contribution in [0.15, 0.2) is 42.5 Å². The highest BCUT2D eigenvalue weighted by Gasteiger charge is 2.51. The first kappa shape index (κ1) is 28.8. The predicted octanol–water partition coefficient (Wildman–Crippen LogP) is 4.61. The van der Waals surface area contributed by atoms with E-state index >= 15 is 0 Å². The minimum atomic E-state index is -0.382. The summed E-state index contributed by atoms with van der Waals surface area (Å²) in [5, 5.41) is 2.91. The van der Waals surface area contributed by atoms with Gasteiger partial charge in [0, 0.05) is 38.9 Å². The fourth-order valence-electron chi connectivity index (χ4n) is 5.72. The fourth-order valence-corrected chi connectivity index (χ4v) is 5.72. The molecule has 1 aliphatic carbocycles. The number of imide groups is 1. The number of nitrogens with one attached hydrogen (secondary N) is 1. The molecule has 1 aliphatic heterocycles. The zero-order valence-electron chi connectivity index (χ0n) is 23.7. The molecule has 1 heterocycles. The van der Waals surface area contributed by atoms with Crippen LogP contribution >= 0.6 is 0 Å². The lowest BCUT2D eigenvalue weighted by Crippen LogP contribution is -2.64. The Morgan fingerprint density at radius 3 is 2.33 bits per heavy atom. The summed E-state index contributed by atoms with van der Waals surface area (Å²) in [7, 11) is 3.29. The minimum Gasteiger partial charge on any atom is -0.379 e. The highest BCUT2D eigenvalue weighted by Crippen LogP contribution is 2.38. The van der Waals surface area contributed by atoms with E-state index in [1.807, 2.05) is 30.9 Å². The molecule has 0 radical (unpaired) electrons. The second-order valence-corrected chi connectivity index (χ2v) is 10.8. The molecule has 1 saturated carbocycles. The largest absolute Gasteiger partial charge is 0.379 e. The van der Waals surface area contributed by atoms with E-state index in [0.717, 1.165) is 35.1 Å². The van der Waals surface area contributed by atoms with E-state index in [0.29, 0.717) is 31.5 Å². The number of ether oxygens (including phenoxy) is 2. The van der Waals surface area contributed by atoms with Crippen LogP contribution in [0.5, 0.6) is 0 Å². The van der Waals surface area contributed by atoms with Crippen molar-refractivity contribution in [2.24, 2.45) is 5.92 Å². The molecule has 0 spiro atoms. The number of methoxy groups -OCH3 is 2. The van der Waals surface area contributed by atoms with Crippen LogP contribution in [-0.4, -0.2) is 66.7 Å². The van der Waals surface area contributed by atoms with E-state index in [1.54, 1.807) is 26.4 Å².